The Morgan fingerprint density at radius 3 is 2.72 bits per heavy atom. The van der Waals surface area contributed by atoms with Crippen LogP contribution in [0.25, 0.3) is 0 Å². The highest BCUT2D eigenvalue weighted by atomic mass is 19.1. The lowest BCUT2D eigenvalue weighted by atomic mass is 9.99. The second-order valence-electron chi connectivity index (χ2n) is 6.37. The van der Waals surface area contributed by atoms with Crippen molar-refractivity contribution in [2.24, 2.45) is 0 Å². The summed E-state index contributed by atoms with van der Waals surface area (Å²) in [6.45, 7) is 1.49. The molecule has 0 bridgehead atoms. The van der Waals surface area contributed by atoms with Gasteiger partial charge >= 0.3 is 6.03 Å². The second kappa shape index (κ2) is 7.18. The maximum atomic E-state index is 14.2. The molecule has 0 aliphatic heterocycles. The van der Waals surface area contributed by atoms with Crippen LogP contribution < -0.4 is 10.6 Å². The van der Waals surface area contributed by atoms with Gasteiger partial charge in [0.05, 0.1) is 12.1 Å². The van der Waals surface area contributed by atoms with Crippen LogP contribution in [0.4, 0.5) is 9.18 Å². The number of aromatic nitrogens is 2. The van der Waals surface area contributed by atoms with Gasteiger partial charge in [-0.25, -0.2) is 9.18 Å². The van der Waals surface area contributed by atoms with Gasteiger partial charge in [0.15, 0.2) is 5.82 Å². The molecule has 1 aromatic carbocycles. The summed E-state index contributed by atoms with van der Waals surface area (Å²) in [4.78, 5) is 16.6. The summed E-state index contributed by atoms with van der Waals surface area (Å²) in [6.07, 6.45) is 3.31. The monoisotopic (exact) mass is 348 g/mol. The molecule has 1 unspecified atom stereocenters. The first kappa shape index (κ1) is 17.3. The quantitative estimate of drug-likeness (QED) is 0.769. The molecule has 134 valence electrons. The van der Waals surface area contributed by atoms with Crippen molar-refractivity contribution in [3.05, 3.63) is 47.4 Å². The average Bonchev–Trinajstić information content (AvgIpc) is 3.23. The molecular weight excluding hydrogens is 327 g/mol. The summed E-state index contributed by atoms with van der Waals surface area (Å²) in [5, 5.41) is 19.0. The van der Waals surface area contributed by atoms with Gasteiger partial charge in [0, 0.05) is 12.5 Å². The molecule has 1 aromatic heterocycles. The van der Waals surface area contributed by atoms with Crippen molar-refractivity contribution in [3.63, 3.8) is 0 Å². The number of amides is 2. The standard InChI is InChI=1S/C17H21FN4O3/c1-11-19-15(22-25-11)14(12-6-2-3-7-13(12)18)20-16(24)21-17(10-23)8-4-5-9-17/h2-3,6-7,14,23H,4-5,8-10H2,1H3,(H2,20,21,24). The predicted octanol–water partition coefficient (Wildman–Crippen LogP) is 2.21. The summed E-state index contributed by atoms with van der Waals surface area (Å²) in [6, 6.07) is 4.70. The molecule has 0 radical (unpaired) electrons. The molecule has 1 fully saturated rings. The largest absolute Gasteiger partial charge is 0.394 e. The van der Waals surface area contributed by atoms with Crippen molar-refractivity contribution in [1.82, 2.24) is 20.8 Å². The summed E-state index contributed by atoms with van der Waals surface area (Å²) in [7, 11) is 0. The fraction of sp³-hybridized carbons (Fsp3) is 0.471. The number of hydrogen-bond donors (Lipinski definition) is 3. The van der Waals surface area contributed by atoms with Crippen LogP contribution >= 0.6 is 0 Å². The summed E-state index contributed by atoms with van der Waals surface area (Å²) >= 11 is 0. The van der Waals surface area contributed by atoms with Crippen molar-refractivity contribution in [1.29, 1.82) is 0 Å². The van der Waals surface area contributed by atoms with Gasteiger partial charge in [0.2, 0.25) is 5.89 Å². The Bertz CT molecular complexity index is 743. The van der Waals surface area contributed by atoms with Crippen LogP contribution in [-0.2, 0) is 0 Å². The van der Waals surface area contributed by atoms with E-state index in [1.165, 1.54) is 6.07 Å². The number of halogens is 1. The molecule has 3 rings (SSSR count). The molecule has 1 heterocycles. The van der Waals surface area contributed by atoms with Gasteiger partial charge in [-0.2, -0.15) is 4.98 Å². The van der Waals surface area contributed by atoms with Gasteiger partial charge in [0.25, 0.3) is 0 Å². The Kier molecular flexibility index (Phi) is 4.98. The molecule has 7 nitrogen and oxygen atoms in total. The van der Waals surface area contributed by atoms with E-state index in [-0.39, 0.29) is 18.0 Å². The zero-order valence-corrected chi connectivity index (χ0v) is 14.0. The first-order chi connectivity index (χ1) is 12.0. The van der Waals surface area contributed by atoms with E-state index >= 15 is 0 Å². The maximum absolute atomic E-state index is 14.2. The zero-order chi connectivity index (χ0) is 17.9. The molecule has 2 aromatic rings. The number of carbonyl (C=O) groups excluding carboxylic acids is 1. The molecule has 0 spiro atoms. The normalized spacial score (nSPS) is 17.2. The second-order valence-corrected chi connectivity index (χ2v) is 6.37. The predicted molar refractivity (Wildman–Crippen MR) is 87.2 cm³/mol. The van der Waals surface area contributed by atoms with Crippen LogP contribution in [0.15, 0.2) is 28.8 Å². The van der Waals surface area contributed by atoms with E-state index in [2.05, 4.69) is 20.8 Å². The smallest absolute Gasteiger partial charge is 0.316 e. The Morgan fingerprint density at radius 2 is 2.12 bits per heavy atom. The molecule has 1 aliphatic carbocycles. The molecule has 1 aliphatic rings. The van der Waals surface area contributed by atoms with Gasteiger partial charge < -0.3 is 20.3 Å². The molecule has 1 saturated carbocycles. The highest BCUT2D eigenvalue weighted by Gasteiger charge is 2.35. The van der Waals surface area contributed by atoms with Gasteiger partial charge in [-0.1, -0.05) is 36.2 Å². The van der Waals surface area contributed by atoms with Crippen LogP contribution in [0, 0.1) is 12.7 Å². The lowest BCUT2D eigenvalue weighted by Crippen LogP contribution is -2.53. The number of rotatable bonds is 5. The summed E-state index contributed by atoms with van der Waals surface area (Å²) in [5.74, 6) is 0.0105. The summed E-state index contributed by atoms with van der Waals surface area (Å²) < 4.78 is 19.2. The Labute approximate surface area is 144 Å². The molecule has 2 amide bonds. The number of hydrogen-bond acceptors (Lipinski definition) is 5. The van der Waals surface area contributed by atoms with Gasteiger partial charge in [-0.15, -0.1) is 0 Å². The third-order valence-corrected chi connectivity index (χ3v) is 4.54. The minimum atomic E-state index is -0.893. The highest BCUT2D eigenvalue weighted by molar-refractivity contribution is 5.76. The van der Waals surface area contributed by atoms with E-state index in [1.54, 1.807) is 25.1 Å². The van der Waals surface area contributed by atoms with Gasteiger partial charge in [-0.05, 0) is 18.9 Å². The average molecular weight is 348 g/mol. The van der Waals surface area contributed by atoms with E-state index in [9.17, 15) is 14.3 Å². The number of carbonyl (C=O) groups is 1. The van der Waals surface area contributed by atoms with E-state index in [4.69, 9.17) is 4.52 Å². The fourth-order valence-electron chi connectivity index (χ4n) is 3.21. The van der Waals surface area contributed by atoms with Crippen LogP contribution in [0.5, 0.6) is 0 Å². The van der Waals surface area contributed by atoms with E-state index in [1.807, 2.05) is 0 Å². The lowest BCUT2D eigenvalue weighted by Gasteiger charge is -2.29. The molecule has 8 heteroatoms. The lowest BCUT2D eigenvalue weighted by molar-refractivity contribution is 0.162. The molecular formula is C17H21FN4O3. The fourth-order valence-corrected chi connectivity index (χ4v) is 3.21. The van der Waals surface area contributed by atoms with Crippen molar-refractivity contribution in [2.75, 3.05) is 6.61 Å². The molecule has 25 heavy (non-hydrogen) atoms. The minimum Gasteiger partial charge on any atom is -0.394 e. The molecule has 3 N–H and O–H groups in total. The van der Waals surface area contributed by atoms with E-state index in [0.29, 0.717) is 18.7 Å². The Morgan fingerprint density at radius 1 is 1.40 bits per heavy atom. The SMILES string of the molecule is Cc1nc(C(NC(=O)NC2(CO)CCCC2)c2ccccc2F)no1. The highest BCUT2D eigenvalue weighted by Crippen LogP contribution is 2.29. The van der Waals surface area contributed by atoms with Crippen LogP contribution in [0.1, 0.15) is 49.0 Å². The van der Waals surface area contributed by atoms with E-state index in [0.717, 1.165) is 12.8 Å². The Hall–Kier alpha value is -2.48. The van der Waals surface area contributed by atoms with Crippen molar-refractivity contribution in [3.8, 4) is 0 Å². The number of nitrogens with zero attached hydrogens (tertiary/aromatic N) is 2. The van der Waals surface area contributed by atoms with Crippen molar-refractivity contribution >= 4 is 6.03 Å². The van der Waals surface area contributed by atoms with Crippen molar-refractivity contribution < 1.29 is 18.8 Å². The van der Waals surface area contributed by atoms with Gasteiger partial charge in [0.1, 0.15) is 11.9 Å². The third-order valence-electron chi connectivity index (χ3n) is 4.54. The number of aryl methyl sites for hydroxylation is 1. The molecule has 0 saturated heterocycles. The van der Waals surface area contributed by atoms with Crippen molar-refractivity contribution in [2.45, 2.75) is 44.2 Å². The number of aliphatic hydroxyl groups is 1. The minimum absolute atomic E-state index is 0.133. The van der Waals surface area contributed by atoms with Crippen LogP contribution in [-0.4, -0.2) is 33.4 Å². The van der Waals surface area contributed by atoms with Crippen LogP contribution in [0.2, 0.25) is 0 Å². The van der Waals surface area contributed by atoms with Gasteiger partial charge in [-0.3, -0.25) is 0 Å². The Balaban J connectivity index is 1.83. The number of benzene rings is 1. The molecule has 1 atom stereocenters. The topological polar surface area (TPSA) is 100 Å². The maximum Gasteiger partial charge on any atom is 0.316 e. The third kappa shape index (κ3) is 3.79. The van der Waals surface area contributed by atoms with Crippen LogP contribution in [0.3, 0.4) is 0 Å². The first-order valence-electron chi connectivity index (χ1n) is 8.27. The first-order valence-corrected chi connectivity index (χ1v) is 8.27. The number of nitrogens with one attached hydrogen (secondary N) is 2. The number of urea groups is 1. The summed E-state index contributed by atoms with van der Waals surface area (Å²) in [5.41, 5.74) is -0.389. The number of aliphatic hydroxyl groups excluding tert-OH is 1. The zero-order valence-electron chi connectivity index (χ0n) is 14.0. The van der Waals surface area contributed by atoms with E-state index < -0.39 is 23.4 Å².